The zero-order chi connectivity index (χ0) is 29.1. The van der Waals surface area contributed by atoms with E-state index in [4.69, 9.17) is 21.9 Å². The molecule has 3 aromatic heterocycles. The summed E-state index contributed by atoms with van der Waals surface area (Å²) in [5, 5.41) is 36.2. The molecule has 0 saturated carbocycles. The summed E-state index contributed by atoms with van der Waals surface area (Å²) in [5.41, 5.74) is 4.64. The summed E-state index contributed by atoms with van der Waals surface area (Å²) in [6, 6.07) is 9.19. The quantitative estimate of drug-likeness (QED) is 0.209. The lowest BCUT2D eigenvalue weighted by Crippen LogP contribution is -2.42. The number of non-ortho nitro benzene ring substituents is 2. The first-order valence-electron chi connectivity index (χ1n) is 12.3. The van der Waals surface area contributed by atoms with Crippen LogP contribution < -0.4 is 5.73 Å². The molecule has 0 bridgehead atoms. The molecule has 1 aromatic carbocycles. The normalized spacial score (nSPS) is 14.3. The van der Waals surface area contributed by atoms with Crippen molar-refractivity contribution in [2.75, 3.05) is 13.1 Å². The fourth-order valence-electron chi connectivity index (χ4n) is 4.51. The van der Waals surface area contributed by atoms with Crippen LogP contribution >= 0.6 is 22.9 Å². The molecule has 0 amide bonds. The van der Waals surface area contributed by atoms with Crippen molar-refractivity contribution in [3.8, 4) is 10.6 Å². The molecular weight excluding hydrogens is 564 g/mol. The predicted octanol–water partition coefficient (Wildman–Crippen LogP) is 5.39. The van der Waals surface area contributed by atoms with E-state index < -0.39 is 27.2 Å². The van der Waals surface area contributed by atoms with Crippen molar-refractivity contribution in [2.45, 2.75) is 45.3 Å². The number of fused-ring (bicyclic) bond motifs is 1. The van der Waals surface area contributed by atoms with Gasteiger partial charge in [0.15, 0.2) is 5.76 Å². The molecule has 1 fully saturated rings. The zero-order valence-electron chi connectivity index (χ0n) is 21.7. The number of carbonyl (C=O) groups is 1. The Hall–Kier alpha value is -3.85. The monoisotopic (exact) mass is 590 g/mol. The van der Waals surface area contributed by atoms with Crippen LogP contribution in [0, 0.1) is 20.2 Å². The first-order valence-corrected chi connectivity index (χ1v) is 13.5. The van der Waals surface area contributed by atoms with Crippen LogP contribution in [0.5, 0.6) is 0 Å². The number of nitro groups is 2. The second-order valence-electron chi connectivity index (χ2n) is 9.59. The lowest BCUT2D eigenvalue weighted by Gasteiger charge is -2.32. The van der Waals surface area contributed by atoms with Gasteiger partial charge in [0.05, 0.1) is 31.7 Å². The van der Waals surface area contributed by atoms with Crippen LogP contribution in [0.4, 0.5) is 11.4 Å². The van der Waals surface area contributed by atoms with Crippen LogP contribution in [0.15, 0.2) is 40.9 Å². The number of likely N-dealkylation sites (tertiary alicyclic amines) is 1. The van der Waals surface area contributed by atoms with Gasteiger partial charge in [-0.15, -0.1) is 11.3 Å². The second kappa shape index (κ2) is 12.1. The lowest BCUT2D eigenvalue weighted by molar-refractivity contribution is -0.393. The smallest absolute Gasteiger partial charge is 0.352 e. The Morgan fingerprint density at radius 2 is 1.90 bits per heavy atom. The van der Waals surface area contributed by atoms with Crippen molar-refractivity contribution in [3.63, 3.8) is 0 Å². The molecule has 5 rings (SSSR count). The molecule has 1 saturated heterocycles. The summed E-state index contributed by atoms with van der Waals surface area (Å²) in [6.07, 6.45) is 2.36. The van der Waals surface area contributed by atoms with E-state index in [1.54, 1.807) is 18.2 Å². The van der Waals surface area contributed by atoms with Gasteiger partial charge in [-0.2, -0.15) is 0 Å². The minimum Gasteiger partial charge on any atom is -0.477 e. The first-order chi connectivity index (χ1) is 18.9. The number of aromatic carboxylic acids is 1. The number of aromatic nitrogens is 2. The van der Waals surface area contributed by atoms with Crippen LogP contribution in [0.1, 0.15) is 42.9 Å². The molecule has 0 atom stereocenters. The number of hydrogen-bond donors (Lipinski definition) is 2. The van der Waals surface area contributed by atoms with Crippen LogP contribution in [-0.4, -0.2) is 60.7 Å². The van der Waals surface area contributed by atoms with Gasteiger partial charge in [0.25, 0.3) is 11.4 Å². The van der Waals surface area contributed by atoms with Gasteiger partial charge < -0.3 is 24.8 Å². The second-order valence-corrected chi connectivity index (χ2v) is 11.3. The van der Waals surface area contributed by atoms with Gasteiger partial charge in [0, 0.05) is 29.6 Å². The van der Waals surface area contributed by atoms with E-state index in [2.05, 4.69) is 23.9 Å². The van der Waals surface area contributed by atoms with Gasteiger partial charge in [-0.05, 0) is 58.0 Å². The third-order valence-corrected chi connectivity index (χ3v) is 7.83. The Labute approximate surface area is 237 Å². The Bertz CT molecular complexity index is 1550. The molecule has 0 radical (unpaired) electrons. The van der Waals surface area contributed by atoms with E-state index in [9.17, 15) is 30.1 Å². The summed E-state index contributed by atoms with van der Waals surface area (Å²) >= 11 is 7.17. The Morgan fingerprint density at radius 3 is 2.45 bits per heavy atom. The third kappa shape index (κ3) is 6.47. The van der Waals surface area contributed by atoms with Crippen molar-refractivity contribution >= 4 is 51.2 Å². The van der Waals surface area contributed by atoms with Crippen molar-refractivity contribution < 1.29 is 24.3 Å². The number of carboxylic acid groups (broad SMARTS) is 1. The number of halogens is 1. The number of rotatable bonds is 7. The molecular formula is C25H27ClN6O7S. The molecule has 0 spiro atoms. The standard InChI is InChI=1S/C17H9ClN4O7S.C8H18N2/c18-15-2-1-14(30-15)13-5-9(19-29-13)7-20-12(17(23)24)4-8-3-10(21(25)26)6-11(16(8)20)22(27)28;1-7(2)10-5-3-8(9)4-6-10/h1-6H,7H2,(H,23,24);7-8H,3-6,9H2,1-2H3. The SMILES string of the molecule is CC(C)N1CCC(N)CC1.O=C(O)c1cc2cc([N+](=O)[O-])cc([N+](=O)[O-])c2n1Cc1cc(-c2ccc(Cl)s2)on1. The van der Waals surface area contributed by atoms with E-state index in [1.165, 1.54) is 41.8 Å². The van der Waals surface area contributed by atoms with Crippen molar-refractivity contribution in [1.29, 1.82) is 0 Å². The number of hydrogen-bond acceptors (Lipinski definition) is 10. The minimum atomic E-state index is -1.35. The molecule has 13 nitrogen and oxygen atoms in total. The summed E-state index contributed by atoms with van der Waals surface area (Å²) in [5.74, 6) is -0.947. The Kier molecular flexibility index (Phi) is 8.83. The summed E-state index contributed by atoms with van der Waals surface area (Å²) in [6.45, 7) is 6.72. The highest BCUT2D eigenvalue weighted by Gasteiger charge is 2.27. The fourth-order valence-corrected chi connectivity index (χ4v) is 5.50. The van der Waals surface area contributed by atoms with Gasteiger partial charge in [0.1, 0.15) is 16.9 Å². The van der Waals surface area contributed by atoms with Gasteiger partial charge in [-0.3, -0.25) is 20.2 Å². The van der Waals surface area contributed by atoms with Gasteiger partial charge in [-0.25, -0.2) is 4.79 Å². The summed E-state index contributed by atoms with van der Waals surface area (Å²) in [7, 11) is 0. The summed E-state index contributed by atoms with van der Waals surface area (Å²) < 4.78 is 6.99. The average Bonchev–Trinajstić information content (AvgIpc) is 3.63. The first kappa shape index (κ1) is 29.1. The van der Waals surface area contributed by atoms with E-state index in [-0.39, 0.29) is 23.1 Å². The molecule has 15 heteroatoms. The fraction of sp³-hybridized carbons (Fsp3) is 0.360. The highest BCUT2D eigenvalue weighted by atomic mass is 35.5. The highest BCUT2D eigenvalue weighted by molar-refractivity contribution is 7.19. The topological polar surface area (TPSA) is 184 Å². The number of nitrogens with zero attached hydrogens (tertiary/aromatic N) is 5. The summed E-state index contributed by atoms with van der Waals surface area (Å²) in [4.78, 5) is 36.0. The van der Waals surface area contributed by atoms with E-state index in [0.29, 0.717) is 32.8 Å². The van der Waals surface area contributed by atoms with E-state index in [1.807, 2.05) is 0 Å². The third-order valence-electron chi connectivity index (χ3n) is 6.58. The van der Waals surface area contributed by atoms with Crippen molar-refractivity contribution in [3.05, 3.63) is 72.4 Å². The number of nitrogens with two attached hydrogens (primary N) is 1. The van der Waals surface area contributed by atoms with Gasteiger partial charge in [0.2, 0.25) is 0 Å². The van der Waals surface area contributed by atoms with Crippen LogP contribution in [-0.2, 0) is 6.54 Å². The Balaban J connectivity index is 0.000000312. The lowest BCUT2D eigenvalue weighted by atomic mass is 10.1. The van der Waals surface area contributed by atoms with Crippen molar-refractivity contribution in [1.82, 2.24) is 14.6 Å². The molecule has 1 aliphatic heterocycles. The molecule has 1 aliphatic rings. The number of carboxylic acids is 1. The number of thiophene rings is 1. The molecule has 0 unspecified atom stereocenters. The average molecular weight is 591 g/mol. The minimum absolute atomic E-state index is 0.0575. The number of piperidine rings is 1. The molecule has 0 aliphatic carbocycles. The predicted molar refractivity (Wildman–Crippen MR) is 150 cm³/mol. The van der Waals surface area contributed by atoms with Gasteiger partial charge in [-0.1, -0.05) is 16.8 Å². The maximum Gasteiger partial charge on any atom is 0.352 e. The zero-order valence-corrected chi connectivity index (χ0v) is 23.2. The molecule has 4 aromatic rings. The van der Waals surface area contributed by atoms with Crippen LogP contribution in [0.2, 0.25) is 4.34 Å². The number of nitro benzene ring substituents is 2. The number of benzene rings is 1. The highest BCUT2D eigenvalue weighted by Crippen LogP contribution is 2.35. The largest absolute Gasteiger partial charge is 0.477 e. The van der Waals surface area contributed by atoms with Crippen LogP contribution in [0.3, 0.4) is 0 Å². The molecule has 40 heavy (non-hydrogen) atoms. The maximum atomic E-state index is 11.7. The van der Waals surface area contributed by atoms with Crippen LogP contribution in [0.25, 0.3) is 21.5 Å². The maximum absolute atomic E-state index is 11.7. The van der Waals surface area contributed by atoms with Crippen molar-refractivity contribution in [2.24, 2.45) is 5.73 Å². The van der Waals surface area contributed by atoms with E-state index >= 15 is 0 Å². The molecule has 4 heterocycles. The molecule has 212 valence electrons. The van der Waals surface area contributed by atoms with E-state index in [0.717, 1.165) is 18.2 Å². The van der Waals surface area contributed by atoms with Gasteiger partial charge >= 0.3 is 5.97 Å². The Morgan fingerprint density at radius 1 is 1.20 bits per heavy atom. The molecule has 3 N–H and O–H groups in total.